The Morgan fingerprint density at radius 2 is 1.91 bits per heavy atom. The van der Waals surface area contributed by atoms with Gasteiger partial charge in [0.2, 0.25) is 6.79 Å². The number of aryl methyl sites for hydroxylation is 1. The molecule has 0 aliphatic carbocycles. The summed E-state index contributed by atoms with van der Waals surface area (Å²) in [4.78, 5) is 31.0. The van der Waals surface area contributed by atoms with Gasteiger partial charge in [0.1, 0.15) is 6.61 Å². The summed E-state index contributed by atoms with van der Waals surface area (Å²) in [6.45, 7) is 1.95. The lowest BCUT2D eigenvalue weighted by molar-refractivity contribution is -0.172. The van der Waals surface area contributed by atoms with Crippen molar-refractivity contribution in [2.75, 3.05) is 6.79 Å². The SMILES string of the molecule is CC[C@@]1(O)C(=O)OCc2c1cc1n(c2=O)Cc2c-1nc1cc3c(cc1c2-c1cnn(C)c1)OCO3. The fraction of sp³-hybridized carbons (Fsp3) is 0.280. The normalized spacial score (nSPS) is 19.5. The third kappa shape index (κ3) is 2.57. The number of nitrogens with zero attached hydrogens (tertiary/aromatic N) is 4. The van der Waals surface area contributed by atoms with Gasteiger partial charge in [-0.1, -0.05) is 6.92 Å². The number of fused-ring (bicyclic) bond motifs is 6. The molecular formula is C25H20N4O6. The lowest BCUT2D eigenvalue weighted by Gasteiger charge is -2.31. The van der Waals surface area contributed by atoms with Gasteiger partial charge in [-0.25, -0.2) is 9.78 Å². The predicted molar refractivity (Wildman–Crippen MR) is 123 cm³/mol. The van der Waals surface area contributed by atoms with Gasteiger partial charge in [-0.15, -0.1) is 0 Å². The van der Waals surface area contributed by atoms with Gasteiger partial charge in [0.25, 0.3) is 5.56 Å². The summed E-state index contributed by atoms with van der Waals surface area (Å²) in [7, 11) is 1.84. The van der Waals surface area contributed by atoms with Crippen LogP contribution in [0.5, 0.6) is 11.5 Å². The standard InChI is InChI=1S/C25H20N4O6/c1-3-25(32)16-5-18-22-14(9-29(18)23(30)15(16)10-33-24(25)31)21(12-7-26-28(2)8-12)13-4-19-20(35-11-34-19)6-17(13)27-22/h4-8,32H,3,9-11H2,1-2H3/t25-/m0/s1. The van der Waals surface area contributed by atoms with E-state index in [1.165, 1.54) is 0 Å². The molecule has 3 aliphatic heterocycles. The van der Waals surface area contributed by atoms with Crippen molar-refractivity contribution in [2.45, 2.75) is 32.1 Å². The minimum absolute atomic E-state index is 0.0874. The smallest absolute Gasteiger partial charge is 0.343 e. The van der Waals surface area contributed by atoms with Gasteiger partial charge in [-0.3, -0.25) is 9.48 Å². The number of ether oxygens (including phenoxy) is 3. The molecule has 1 N–H and O–H groups in total. The van der Waals surface area contributed by atoms with Crippen molar-refractivity contribution in [1.82, 2.24) is 19.3 Å². The van der Waals surface area contributed by atoms with Crippen LogP contribution in [0, 0.1) is 0 Å². The largest absolute Gasteiger partial charge is 0.458 e. The lowest BCUT2D eigenvalue weighted by atomic mass is 9.86. The van der Waals surface area contributed by atoms with Gasteiger partial charge in [0, 0.05) is 47.0 Å². The quantitative estimate of drug-likeness (QED) is 0.389. The van der Waals surface area contributed by atoms with Crippen molar-refractivity contribution in [3.63, 3.8) is 0 Å². The third-order valence-corrected chi connectivity index (χ3v) is 7.18. The molecule has 0 radical (unpaired) electrons. The minimum Gasteiger partial charge on any atom is -0.458 e. The molecule has 3 aromatic heterocycles. The van der Waals surface area contributed by atoms with E-state index in [-0.39, 0.29) is 37.5 Å². The van der Waals surface area contributed by atoms with E-state index in [0.717, 1.165) is 22.1 Å². The van der Waals surface area contributed by atoms with Crippen LogP contribution in [-0.4, -0.2) is 37.2 Å². The molecule has 0 unspecified atom stereocenters. The van der Waals surface area contributed by atoms with Crippen LogP contribution >= 0.6 is 0 Å². The highest BCUT2D eigenvalue weighted by molar-refractivity contribution is 6.01. The van der Waals surface area contributed by atoms with Crippen molar-refractivity contribution in [3.05, 3.63) is 57.6 Å². The van der Waals surface area contributed by atoms with E-state index in [9.17, 15) is 14.7 Å². The molecule has 0 bridgehead atoms. The number of cyclic esters (lactones) is 1. The zero-order valence-corrected chi connectivity index (χ0v) is 19.0. The van der Waals surface area contributed by atoms with E-state index in [1.807, 2.05) is 25.4 Å². The van der Waals surface area contributed by atoms with Crippen LogP contribution in [0.1, 0.15) is 30.0 Å². The summed E-state index contributed by atoms with van der Waals surface area (Å²) in [5.74, 6) is 0.493. The Morgan fingerprint density at radius 3 is 2.66 bits per heavy atom. The molecule has 1 atom stereocenters. The Kier molecular flexibility index (Phi) is 3.87. The van der Waals surface area contributed by atoms with E-state index in [4.69, 9.17) is 19.2 Å². The summed E-state index contributed by atoms with van der Waals surface area (Å²) in [6, 6.07) is 5.45. The number of aromatic nitrogens is 4. The maximum absolute atomic E-state index is 13.6. The number of benzene rings is 1. The number of rotatable bonds is 2. The predicted octanol–water partition coefficient (Wildman–Crippen LogP) is 2.21. The van der Waals surface area contributed by atoms with Gasteiger partial charge < -0.3 is 23.9 Å². The fourth-order valence-corrected chi connectivity index (χ4v) is 5.35. The number of aliphatic hydroxyl groups is 1. The molecule has 0 saturated carbocycles. The second-order valence-corrected chi connectivity index (χ2v) is 9.04. The van der Waals surface area contributed by atoms with Crippen molar-refractivity contribution in [1.29, 1.82) is 0 Å². The van der Waals surface area contributed by atoms with Crippen molar-refractivity contribution < 1.29 is 24.1 Å². The van der Waals surface area contributed by atoms with E-state index < -0.39 is 11.6 Å². The van der Waals surface area contributed by atoms with Crippen LogP contribution in [-0.2, 0) is 35.3 Å². The van der Waals surface area contributed by atoms with E-state index in [1.54, 1.807) is 28.4 Å². The average Bonchev–Trinajstić information content (AvgIpc) is 3.57. The van der Waals surface area contributed by atoms with Gasteiger partial charge in [-0.2, -0.15) is 5.10 Å². The first-order valence-electron chi connectivity index (χ1n) is 11.3. The Hall–Kier alpha value is -4.18. The third-order valence-electron chi connectivity index (χ3n) is 7.18. The maximum atomic E-state index is 13.6. The van der Waals surface area contributed by atoms with Crippen LogP contribution in [0.4, 0.5) is 0 Å². The van der Waals surface area contributed by atoms with E-state index in [0.29, 0.717) is 34.0 Å². The molecular weight excluding hydrogens is 452 g/mol. The molecule has 0 saturated heterocycles. The fourth-order valence-electron chi connectivity index (χ4n) is 5.35. The highest BCUT2D eigenvalue weighted by atomic mass is 16.7. The van der Waals surface area contributed by atoms with Crippen molar-refractivity contribution >= 4 is 16.9 Å². The van der Waals surface area contributed by atoms with Crippen LogP contribution in [0.2, 0.25) is 0 Å². The summed E-state index contributed by atoms with van der Waals surface area (Å²) in [5.41, 5.74) is 2.88. The van der Waals surface area contributed by atoms with Gasteiger partial charge in [0.15, 0.2) is 17.1 Å². The van der Waals surface area contributed by atoms with Gasteiger partial charge in [-0.05, 0) is 18.6 Å². The molecule has 7 rings (SSSR count). The van der Waals surface area contributed by atoms with Crippen LogP contribution < -0.4 is 15.0 Å². The Bertz CT molecular complexity index is 1670. The molecule has 176 valence electrons. The molecule has 0 fully saturated rings. The molecule has 0 spiro atoms. The van der Waals surface area contributed by atoms with Gasteiger partial charge >= 0.3 is 5.97 Å². The first kappa shape index (κ1) is 20.2. The highest BCUT2D eigenvalue weighted by Gasteiger charge is 2.45. The zero-order valence-electron chi connectivity index (χ0n) is 19.0. The zero-order chi connectivity index (χ0) is 24.1. The molecule has 10 heteroatoms. The van der Waals surface area contributed by atoms with Crippen LogP contribution in [0.3, 0.4) is 0 Å². The van der Waals surface area contributed by atoms with Crippen LogP contribution in [0.25, 0.3) is 33.4 Å². The highest BCUT2D eigenvalue weighted by Crippen LogP contribution is 2.46. The molecule has 10 nitrogen and oxygen atoms in total. The molecule has 4 aromatic rings. The summed E-state index contributed by atoms with van der Waals surface area (Å²) >= 11 is 0. The molecule has 35 heavy (non-hydrogen) atoms. The second kappa shape index (κ2) is 6.70. The number of pyridine rings is 2. The van der Waals surface area contributed by atoms with E-state index >= 15 is 0 Å². The monoisotopic (exact) mass is 472 g/mol. The molecule has 1 aromatic carbocycles. The number of hydrogen-bond acceptors (Lipinski definition) is 8. The summed E-state index contributed by atoms with van der Waals surface area (Å²) in [6.07, 6.45) is 3.78. The number of carbonyl (C=O) groups is 1. The molecule has 6 heterocycles. The summed E-state index contributed by atoms with van der Waals surface area (Å²) in [5, 5.41) is 16.3. The average molecular weight is 472 g/mol. The number of hydrogen-bond donors (Lipinski definition) is 1. The molecule has 3 aliphatic rings. The van der Waals surface area contributed by atoms with Crippen molar-refractivity contribution in [2.24, 2.45) is 7.05 Å². The maximum Gasteiger partial charge on any atom is 0.343 e. The second-order valence-electron chi connectivity index (χ2n) is 9.04. The van der Waals surface area contributed by atoms with Gasteiger partial charge in [0.05, 0.1) is 35.2 Å². The minimum atomic E-state index is -1.87. The van der Waals surface area contributed by atoms with Crippen molar-refractivity contribution in [3.8, 4) is 34.0 Å². The Morgan fingerprint density at radius 1 is 1.11 bits per heavy atom. The van der Waals surface area contributed by atoms with Crippen LogP contribution in [0.15, 0.2) is 35.4 Å². The lowest BCUT2D eigenvalue weighted by Crippen LogP contribution is -2.44. The first-order chi connectivity index (χ1) is 16.9. The summed E-state index contributed by atoms with van der Waals surface area (Å²) < 4.78 is 19.7. The number of esters is 1. The molecule has 0 amide bonds. The van der Waals surface area contributed by atoms with E-state index in [2.05, 4.69) is 5.10 Å². The Labute approximate surface area is 198 Å². The Balaban J connectivity index is 1.56. The first-order valence-corrected chi connectivity index (χ1v) is 11.3. The topological polar surface area (TPSA) is 118 Å². The number of carbonyl (C=O) groups excluding carboxylic acids is 1.